The van der Waals surface area contributed by atoms with Crippen molar-refractivity contribution < 1.29 is 9.31 Å². The lowest BCUT2D eigenvalue weighted by molar-refractivity contribution is -0.384. The molecule has 4 nitrogen and oxygen atoms in total. The van der Waals surface area contributed by atoms with Crippen LogP contribution in [-0.4, -0.2) is 4.92 Å². The predicted molar refractivity (Wildman–Crippen MR) is 81.6 cm³/mol. The Hall–Kier alpha value is -1.85. The van der Waals surface area contributed by atoms with Crippen molar-refractivity contribution >= 4 is 34.6 Å². The Kier molecular flexibility index (Phi) is 4.65. The average Bonchev–Trinajstić information content (AvgIpc) is 2.42. The molecule has 2 aromatic carbocycles. The largest absolute Gasteiger partial charge is 0.373 e. The Morgan fingerprint density at radius 1 is 1.24 bits per heavy atom. The number of halogens is 3. The fraction of sp³-hybridized carbons (Fsp3) is 0.143. The Labute approximate surface area is 130 Å². The van der Waals surface area contributed by atoms with Gasteiger partial charge in [-0.25, -0.2) is 4.39 Å². The third-order valence-electron chi connectivity index (χ3n) is 2.98. The number of nitro groups is 1. The standard InChI is InChI=1S/C14H11Cl2FN2O2/c1-8(9-4-2-3-5-10(9)15)18-13-6-11(16)12(17)7-14(13)19(20)21/h2-8,18H,1H3. The number of nitrogens with one attached hydrogen (secondary N) is 1. The van der Waals surface area contributed by atoms with E-state index in [1.807, 2.05) is 6.07 Å². The summed E-state index contributed by atoms with van der Waals surface area (Å²) in [4.78, 5) is 10.3. The molecule has 0 aliphatic rings. The number of rotatable bonds is 4. The van der Waals surface area contributed by atoms with Crippen LogP contribution in [0.25, 0.3) is 0 Å². The summed E-state index contributed by atoms with van der Waals surface area (Å²) in [5.41, 5.74) is 0.531. The van der Waals surface area contributed by atoms with Crippen LogP contribution in [0.15, 0.2) is 36.4 Å². The predicted octanol–water partition coefficient (Wildman–Crippen LogP) is 5.21. The van der Waals surface area contributed by atoms with Gasteiger partial charge in [0.1, 0.15) is 11.5 Å². The average molecular weight is 329 g/mol. The fourth-order valence-corrected chi connectivity index (χ4v) is 2.40. The Bertz CT molecular complexity index is 695. The van der Waals surface area contributed by atoms with E-state index in [1.54, 1.807) is 25.1 Å². The first-order valence-corrected chi connectivity index (χ1v) is 6.80. The summed E-state index contributed by atoms with van der Waals surface area (Å²) in [6.07, 6.45) is 0. The van der Waals surface area contributed by atoms with E-state index < -0.39 is 10.7 Å². The summed E-state index contributed by atoms with van der Waals surface area (Å²) in [5, 5.41) is 14.3. The molecule has 0 heterocycles. The topological polar surface area (TPSA) is 55.2 Å². The zero-order valence-corrected chi connectivity index (χ0v) is 12.5. The molecule has 1 atom stereocenters. The normalized spacial score (nSPS) is 12.0. The number of nitrogens with zero attached hydrogens (tertiary/aromatic N) is 1. The van der Waals surface area contributed by atoms with E-state index in [4.69, 9.17) is 23.2 Å². The smallest absolute Gasteiger partial charge is 0.295 e. The van der Waals surface area contributed by atoms with Crippen LogP contribution < -0.4 is 5.32 Å². The van der Waals surface area contributed by atoms with E-state index in [1.165, 1.54) is 6.07 Å². The second-order valence-corrected chi connectivity index (χ2v) is 5.24. The lowest BCUT2D eigenvalue weighted by Gasteiger charge is -2.17. The molecule has 0 aliphatic carbocycles. The number of anilines is 1. The van der Waals surface area contributed by atoms with Crippen LogP contribution in [0.4, 0.5) is 15.8 Å². The number of hydrogen-bond acceptors (Lipinski definition) is 3. The van der Waals surface area contributed by atoms with E-state index in [9.17, 15) is 14.5 Å². The second-order valence-electron chi connectivity index (χ2n) is 4.43. The van der Waals surface area contributed by atoms with Crippen molar-refractivity contribution in [3.05, 3.63) is 67.9 Å². The van der Waals surface area contributed by atoms with Gasteiger partial charge in [-0.15, -0.1) is 0 Å². The molecule has 0 saturated heterocycles. The van der Waals surface area contributed by atoms with Crippen LogP contribution in [0, 0.1) is 15.9 Å². The van der Waals surface area contributed by atoms with Crippen molar-refractivity contribution in [2.24, 2.45) is 0 Å². The van der Waals surface area contributed by atoms with Gasteiger partial charge in [0.25, 0.3) is 5.69 Å². The maximum Gasteiger partial charge on any atom is 0.295 e. The van der Waals surface area contributed by atoms with Crippen molar-refractivity contribution in [1.82, 2.24) is 0 Å². The summed E-state index contributed by atoms with van der Waals surface area (Å²) < 4.78 is 13.4. The van der Waals surface area contributed by atoms with Gasteiger partial charge in [-0.3, -0.25) is 10.1 Å². The second kappa shape index (κ2) is 6.28. The third kappa shape index (κ3) is 3.43. The zero-order valence-electron chi connectivity index (χ0n) is 10.9. The molecule has 2 rings (SSSR count). The van der Waals surface area contributed by atoms with Crippen molar-refractivity contribution in [3.8, 4) is 0 Å². The molecule has 1 unspecified atom stereocenters. The van der Waals surface area contributed by atoms with Crippen molar-refractivity contribution in [2.45, 2.75) is 13.0 Å². The fourth-order valence-electron chi connectivity index (χ4n) is 1.94. The number of nitro benzene ring substituents is 1. The molecule has 0 amide bonds. The first kappa shape index (κ1) is 15.5. The van der Waals surface area contributed by atoms with Gasteiger partial charge in [0.15, 0.2) is 0 Å². The van der Waals surface area contributed by atoms with E-state index in [0.29, 0.717) is 5.02 Å². The Morgan fingerprint density at radius 3 is 2.52 bits per heavy atom. The highest BCUT2D eigenvalue weighted by atomic mass is 35.5. The van der Waals surface area contributed by atoms with Gasteiger partial charge in [-0.05, 0) is 24.6 Å². The molecule has 7 heteroatoms. The molecular formula is C14H11Cl2FN2O2. The molecule has 0 spiro atoms. The van der Waals surface area contributed by atoms with E-state index in [2.05, 4.69) is 5.32 Å². The lowest BCUT2D eigenvalue weighted by atomic mass is 10.1. The monoisotopic (exact) mass is 328 g/mol. The molecule has 21 heavy (non-hydrogen) atoms. The molecule has 0 aromatic heterocycles. The summed E-state index contributed by atoms with van der Waals surface area (Å²) >= 11 is 11.8. The highest BCUT2D eigenvalue weighted by molar-refractivity contribution is 6.31. The minimum absolute atomic E-state index is 0.138. The van der Waals surface area contributed by atoms with Crippen LogP contribution >= 0.6 is 23.2 Å². The number of hydrogen-bond donors (Lipinski definition) is 1. The maximum absolute atomic E-state index is 13.4. The molecule has 0 fully saturated rings. The van der Waals surface area contributed by atoms with Crippen LogP contribution in [0.3, 0.4) is 0 Å². The SMILES string of the molecule is CC(Nc1cc(Cl)c(F)cc1[N+](=O)[O-])c1ccccc1Cl. The molecule has 0 saturated carbocycles. The van der Waals surface area contributed by atoms with Gasteiger partial charge in [-0.1, -0.05) is 41.4 Å². The van der Waals surface area contributed by atoms with Crippen LogP contribution in [0.2, 0.25) is 10.0 Å². The van der Waals surface area contributed by atoms with Gasteiger partial charge in [0.05, 0.1) is 22.1 Å². The van der Waals surface area contributed by atoms with Gasteiger partial charge in [-0.2, -0.15) is 0 Å². The first-order valence-electron chi connectivity index (χ1n) is 6.04. The Balaban J connectivity index is 2.37. The van der Waals surface area contributed by atoms with Crippen molar-refractivity contribution in [3.63, 3.8) is 0 Å². The van der Waals surface area contributed by atoms with Crippen LogP contribution in [0.1, 0.15) is 18.5 Å². The maximum atomic E-state index is 13.4. The molecule has 0 bridgehead atoms. The summed E-state index contributed by atoms with van der Waals surface area (Å²) in [6, 6.07) is 8.81. The highest BCUT2D eigenvalue weighted by Gasteiger charge is 2.20. The van der Waals surface area contributed by atoms with E-state index in [0.717, 1.165) is 11.6 Å². The van der Waals surface area contributed by atoms with Gasteiger partial charge in [0.2, 0.25) is 0 Å². The molecular weight excluding hydrogens is 318 g/mol. The molecule has 0 radical (unpaired) electrons. The quantitative estimate of drug-likeness (QED) is 0.618. The van der Waals surface area contributed by atoms with E-state index in [-0.39, 0.29) is 22.4 Å². The minimum atomic E-state index is -0.834. The van der Waals surface area contributed by atoms with Crippen molar-refractivity contribution in [2.75, 3.05) is 5.32 Å². The lowest BCUT2D eigenvalue weighted by Crippen LogP contribution is -2.09. The van der Waals surface area contributed by atoms with Gasteiger partial charge in [0, 0.05) is 5.02 Å². The molecule has 1 N–H and O–H groups in total. The van der Waals surface area contributed by atoms with Gasteiger partial charge < -0.3 is 5.32 Å². The molecule has 2 aromatic rings. The van der Waals surface area contributed by atoms with Crippen LogP contribution in [0.5, 0.6) is 0 Å². The third-order valence-corrected chi connectivity index (χ3v) is 3.61. The molecule has 0 aliphatic heterocycles. The molecule has 110 valence electrons. The Morgan fingerprint density at radius 2 is 1.90 bits per heavy atom. The zero-order chi connectivity index (χ0) is 15.6. The minimum Gasteiger partial charge on any atom is -0.373 e. The first-order chi connectivity index (χ1) is 9.90. The summed E-state index contributed by atoms with van der Waals surface area (Å²) in [6.45, 7) is 1.79. The van der Waals surface area contributed by atoms with Gasteiger partial charge >= 0.3 is 0 Å². The number of benzene rings is 2. The summed E-state index contributed by atoms with van der Waals surface area (Å²) in [7, 11) is 0. The van der Waals surface area contributed by atoms with Crippen LogP contribution in [-0.2, 0) is 0 Å². The summed E-state index contributed by atoms with van der Waals surface area (Å²) in [5.74, 6) is -0.834. The van der Waals surface area contributed by atoms with E-state index >= 15 is 0 Å². The highest BCUT2D eigenvalue weighted by Crippen LogP contribution is 2.34. The van der Waals surface area contributed by atoms with Crippen molar-refractivity contribution in [1.29, 1.82) is 0 Å².